The largest absolute Gasteiger partial charge is 0.341 e. The van der Waals surface area contributed by atoms with Crippen molar-refractivity contribution < 1.29 is 9.18 Å². The second-order valence-corrected chi connectivity index (χ2v) is 10.3. The number of hydrogen-bond acceptors (Lipinski definition) is 6. The molecule has 3 heterocycles. The lowest BCUT2D eigenvalue weighted by Gasteiger charge is -2.27. The van der Waals surface area contributed by atoms with Crippen molar-refractivity contribution >= 4 is 45.2 Å². The zero-order valence-corrected chi connectivity index (χ0v) is 20.1. The Morgan fingerprint density at radius 3 is 3.03 bits per heavy atom. The number of aromatic nitrogens is 2. The first-order valence-electron chi connectivity index (χ1n) is 11.7. The van der Waals surface area contributed by atoms with Gasteiger partial charge in [-0.15, -0.1) is 11.3 Å². The number of anilines is 2. The zero-order valence-electron chi connectivity index (χ0n) is 19.3. The third-order valence-electron chi connectivity index (χ3n) is 6.78. The maximum Gasteiger partial charge on any atom is 0.226 e. The van der Waals surface area contributed by atoms with E-state index in [-0.39, 0.29) is 17.6 Å². The molecule has 0 bridgehead atoms. The second-order valence-electron chi connectivity index (χ2n) is 9.18. The van der Waals surface area contributed by atoms with Crippen LogP contribution in [0.1, 0.15) is 33.6 Å². The average Bonchev–Trinajstić information content (AvgIpc) is 3.47. The number of hydrogen-bond donors (Lipinski definition) is 1. The summed E-state index contributed by atoms with van der Waals surface area (Å²) < 4.78 is 13.5. The number of fused-ring (bicyclic) bond motifs is 4. The highest BCUT2D eigenvalue weighted by molar-refractivity contribution is 7.19. The summed E-state index contributed by atoms with van der Waals surface area (Å²) in [6.45, 7) is 1.14. The van der Waals surface area contributed by atoms with E-state index in [1.54, 1.807) is 35.7 Å². The van der Waals surface area contributed by atoms with Crippen LogP contribution < -0.4 is 5.32 Å². The minimum absolute atomic E-state index is 0.0884. The van der Waals surface area contributed by atoms with Crippen LogP contribution in [0.4, 0.5) is 15.9 Å². The van der Waals surface area contributed by atoms with Crippen molar-refractivity contribution in [3.63, 3.8) is 0 Å². The van der Waals surface area contributed by atoms with Gasteiger partial charge in [0.25, 0.3) is 0 Å². The molecule has 6 nitrogen and oxygen atoms in total. The molecular weight excluding hydrogens is 461 g/mol. The Hall–Kier alpha value is -3.65. The number of aliphatic imine (C=N–C) groups is 1. The van der Waals surface area contributed by atoms with E-state index in [1.807, 2.05) is 12.3 Å². The molecule has 1 N–H and O–H groups in total. The summed E-state index contributed by atoms with van der Waals surface area (Å²) in [5, 5.41) is 4.54. The van der Waals surface area contributed by atoms with E-state index in [0.29, 0.717) is 13.0 Å². The summed E-state index contributed by atoms with van der Waals surface area (Å²) in [5.41, 5.74) is 5.38. The quantitative estimate of drug-likeness (QED) is 0.418. The molecule has 1 amide bonds. The number of aryl methyl sites for hydroxylation is 1. The number of carbonyl (C=O) groups excluding carboxylic acids is 1. The molecule has 2 aromatic heterocycles. The molecule has 0 radical (unpaired) electrons. The van der Waals surface area contributed by atoms with Crippen molar-refractivity contribution in [3.8, 4) is 0 Å². The summed E-state index contributed by atoms with van der Waals surface area (Å²) in [7, 11) is 1.79. The van der Waals surface area contributed by atoms with Crippen LogP contribution in [-0.2, 0) is 30.7 Å². The van der Waals surface area contributed by atoms with Crippen molar-refractivity contribution in [2.75, 3.05) is 12.4 Å². The van der Waals surface area contributed by atoms with Gasteiger partial charge < -0.3 is 10.2 Å². The zero-order chi connectivity index (χ0) is 23.9. The van der Waals surface area contributed by atoms with Crippen LogP contribution in [0.2, 0.25) is 0 Å². The molecule has 0 fully saturated rings. The molecule has 1 atom stereocenters. The van der Waals surface area contributed by atoms with Gasteiger partial charge in [0.2, 0.25) is 5.91 Å². The van der Waals surface area contributed by atoms with Crippen LogP contribution in [0.5, 0.6) is 0 Å². The molecule has 35 heavy (non-hydrogen) atoms. The van der Waals surface area contributed by atoms with Crippen molar-refractivity contribution in [1.82, 2.24) is 14.9 Å². The summed E-state index contributed by atoms with van der Waals surface area (Å²) in [6, 6.07) is 12.7. The molecule has 4 aromatic rings. The maximum atomic E-state index is 13.5. The lowest BCUT2D eigenvalue weighted by atomic mass is 9.87. The lowest BCUT2D eigenvalue weighted by Crippen LogP contribution is -2.35. The molecule has 0 spiro atoms. The number of amides is 1. The van der Waals surface area contributed by atoms with Crippen molar-refractivity contribution in [3.05, 3.63) is 81.7 Å². The van der Waals surface area contributed by atoms with Gasteiger partial charge in [0.05, 0.1) is 11.9 Å². The van der Waals surface area contributed by atoms with E-state index in [9.17, 15) is 9.18 Å². The fraction of sp³-hybridized carbons (Fsp3) is 0.259. The van der Waals surface area contributed by atoms with E-state index in [4.69, 9.17) is 0 Å². The topological polar surface area (TPSA) is 70.5 Å². The highest BCUT2D eigenvalue weighted by Crippen LogP contribution is 2.41. The standard InChI is InChI=1S/C27H24FN5OS/c1-33(14-16-3-2-4-20(28)9-16)27(34)17-6-8-22-23(11-17)35-26-24(22)25(30-15-31-26)32-21-7-5-18-12-29-13-19(18)10-21/h2-5,7,9-10,13,15,17H,6,8,11-12,14H2,1H3,(H,30,31,32). The molecule has 6 rings (SSSR count). The van der Waals surface area contributed by atoms with Crippen molar-refractivity contribution in [2.45, 2.75) is 32.4 Å². The summed E-state index contributed by atoms with van der Waals surface area (Å²) >= 11 is 1.65. The van der Waals surface area contributed by atoms with Gasteiger partial charge in [-0.1, -0.05) is 18.2 Å². The number of benzene rings is 2. The summed E-state index contributed by atoms with van der Waals surface area (Å²) in [6.07, 6.45) is 5.77. The second kappa shape index (κ2) is 8.85. The summed E-state index contributed by atoms with van der Waals surface area (Å²) in [4.78, 5) is 30.5. The fourth-order valence-electron chi connectivity index (χ4n) is 5.03. The van der Waals surface area contributed by atoms with Gasteiger partial charge in [-0.25, -0.2) is 14.4 Å². The highest BCUT2D eigenvalue weighted by Gasteiger charge is 2.30. The van der Waals surface area contributed by atoms with Crippen LogP contribution in [0.15, 0.2) is 53.8 Å². The molecule has 1 aliphatic carbocycles. The van der Waals surface area contributed by atoms with Crippen molar-refractivity contribution in [1.29, 1.82) is 0 Å². The van der Waals surface area contributed by atoms with E-state index in [2.05, 4.69) is 38.5 Å². The van der Waals surface area contributed by atoms with Gasteiger partial charge in [0.15, 0.2) is 0 Å². The predicted octanol–water partition coefficient (Wildman–Crippen LogP) is 5.27. The van der Waals surface area contributed by atoms with Crippen LogP contribution in [0.25, 0.3) is 10.2 Å². The molecule has 2 aromatic carbocycles. The van der Waals surface area contributed by atoms with Gasteiger partial charge in [-0.05, 0) is 65.8 Å². The van der Waals surface area contributed by atoms with Gasteiger partial charge >= 0.3 is 0 Å². The maximum absolute atomic E-state index is 13.5. The van der Waals surface area contributed by atoms with Crippen LogP contribution >= 0.6 is 11.3 Å². The highest BCUT2D eigenvalue weighted by atomic mass is 32.1. The Labute approximate surface area is 206 Å². The molecular formula is C27H24FN5OS. The molecule has 8 heteroatoms. The number of thiophene rings is 1. The van der Waals surface area contributed by atoms with Crippen LogP contribution in [0.3, 0.4) is 0 Å². The number of halogens is 1. The minimum Gasteiger partial charge on any atom is -0.341 e. The number of rotatable bonds is 5. The van der Waals surface area contributed by atoms with Gasteiger partial charge in [-0.3, -0.25) is 9.79 Å². The molecule has 1 aliphatic heterocycles. The smallest absolute Gasteiger partial charge is 0.226 e. The Balaban J connectivity index is 1.23. The van der Waals surface area contributed by atoms with Crippen molar-refractivity contribution in [2.24, 2.45) is 10.9 Å². The Kier molecular flexibility index (Phi) is 5.53. The first-order chi connectivity index (χ1) is 17.0. The number of nitrogens with zero attached hydrogens (tertiary/aromatic N) is 4. The van der Waals surface area contributed by atoms with E-state index < -0.39 is 0 Å². The third kappa shape index (κ3) is 4.18. The predicted molar refractivity (Wildman–Crippen MR) is 137 cm³/mol. The molecule has 2 aliphatic rings. The Bertz CT molecular complexity index is 1480. The van der Waals surface area contributed by atoms with Gasteiger partial charge in [-0.2, -0.15) is 0 Å². The van der Waals surface area contributed by atoms with Crippen LogP contribution in [-0.4, -0.2) is 34.0 Å². The normalized spacial score (nSPS) is 16.2. The monoisotopic (exact) mass is 485 g/mol. The Morgan fingerprint density at radius 1 is 1.23 bits per heavy atom. The fourth-order valence-corrected chi connectivity index (χ4v) is 6.30. The third-order valence-corrected chi connectivity index (χ3v) is 7.94. The lowest BCUT2D eigenvalue weighted by molar-refractivity contribution is -0.135. The first kappa shape index (κ1) is 21.9. The Morgan fingerprint density at radius 2 is 2.14 bits per heavy atom. The summed E-state index contributed by atoms with van der Waals surface area (Å²) in [5.74, 6) is 0.529. The van der Waals surface area contributed by atoms with E-state index >= 15 is 0 Å². The number of nitrogens with one attached hydrogen (secondary N) is 1. The molecule has 1 unspecified atom stereocenters. The average molecular weight is 486 g/mol. The number of carbonyl (C=O) groups is 1. The minimum atomic E-state index is -0.283. The molecule has 0 saturated heterocycles. The molecule has 176 valence electrons. The van der Waals surface area contributed by atoms with Gasteiger partial charge in [0.1, 0.15) is 22.8 Å². The van der Waals surface area contributed by atoms with E-state index in [1.165, 1.54) is 28.1 Å². The SMILES string of the molecule is CN(Cc1cccc(F)c1)C(=O)C1CCc2c(sc3ncnc(Nc4ccc5c(c4)C=NC5)c23)C1. The molecule has 0 saturated carbocycles. The van der Waals surface area contributed by atoms with Gasteiger partial charge in [0, 0.05) is 36.3 Å². The van der Waals surface area contributed by atoms with E-state index in [0.717, 1.165) is 52.2 Å². The first-order valence-corrected chi connectivity index (χ1v) is 12.5. The van der Waals surface area contributed by atoms with Crippen LogP contribution in [0, 0.1) is 11.7 Å².